The molecule has 1 heterocycles. The topological polar surface area (TPSA) is 30.7 Å². The van der Waals surface area contributed by atoms with E-state index in [-0.39, 0.29) is 0 Å². The molecule has 0 N–H and O–H groups in total. The van der Waals surface area contributed by atoms with Gasteiger partial charge >= 0.3 is 141 Å². The van der Waals surface area contributed by atoms with Crippen LogP contribution in [0.3, 0.4) is 0 Å². The zero-order valence-electron chi connectivity index (χ0n) is 15.2. The van der Waals surface area contributed by atoms with Gasteiger partial charge < -0.3 is 0 Å². The molecule has 22 heavy (non-hydrogen) atoms. The third-order valence-corrected chi connectivity index (χ3v) is 21.1. The van der Waals surface area contributed by atoms with E-state index in [2.05, 4.69) is 42.7 Å². The van der Waals surface area contributed by atoms with Crippen molar-refractivity contribution in [2.75, 3.05) is 0 Å². The first-order chi connectivity index (χ1) is 10.7. The van der Waals surface area contributed by atoms with Gasteiger partial charge in [0.1, 0.15) is 0 Å². The summed E-state index contributed by atoms with van der Waals surface area (Å²) in [7, 11) is 0. The van der Waals surface area contributed by atoms with Gasteiger partial charge in [-0.3, -0.25) is 0 Å². The summed E-state index contributed by atoms with van der Waals surface area (Å²) in [4.78, 5) is 0. The fraction of sp³-hybridized carbons (Fsp3) is 0.889. The Morgan fingerprint density at radius 2 is 1.45 bits per heavy atom. The molecule has 0 bridgehead atoms. The molecule has 126 valence electrons. The number of aromatic nitrogens is 3. The Morgan fingerprint density at radius 3 is 1.86 bits per heavy atom. The number of hydrogen-bond donors (Lipinski definition) is 0. The molecule has 0 amide bonds. The van der Waals surface area contributed by atoms with Crippen molar-refractivity contribution in [2.24, 2.45) is 0 Å². The Labute approximate surface area is 141 Å². The van der Waals surface area contributed by atoms with E-state index in [1.807, 2.05) is 0 Å². The molecule has 1 saturated carbocycles. The van der Waals surface area contributed by atoms with E-state index < -0.39 is 18.4 Å². The van der Waals surface area contributed by atoms with E-state index in [0.717, 1.165) is 0 Å². The first-order valence-electron chi connectivity index (χ1n) is 9.60. The van der Waals surface area contributed by atoms with Gasteiger partial charge in [0.15, 0.2) is 0 Å². The van der Waals surface area contributed by atoms with E-state index in [9.17, 15) is 0 Å². The van der Waals surface area contributed by atoms with Crippen LogP contribution < -0.4 is 3.71 Å². The minimum absolute atomic E-state index is 0.692. The Bertz CT molecular complexity index is 429. The summed E-state index contributed by atoms with van der Waals surface area (Å²) in [5.41, 5.74) is 1.28. The van der Waals surface area contributed by atoms with Crippen LogP contribution in [-0.4, -0.2) is 33.4 Å². The molecule has 1 aliphatic rings. The summed E-state index contributed by atoms with van der Waals surface area (Å²) in [6, 6.07) is 0.692. The molecular formula is C18H35N3Sn. The zero-order valence-corrected chi connectivity index (χ0v) is 18.1. The molecule has 2 rings (SSSR count). The summed E-state index contributed by atoms with van der Waals surface area (Å²) in [6.07, 6.45) is 10.9. The molecule has 0 aliphatic heterocycles. The molecule has 0 saturated heterocycles. The van der Waals surface area contributed by atoms with Crippen LogP contribution in [0.1, 0.15) is 83.9 Å². The molecule has 0 aromatic carbocycles. The summed E-state index contributed by atoms with van der Waals surface area (Å²) in [6.45, 7) is 9.27. The maximum absolute atomic E-state index is 4.59. The van der Waals surface area contributed by atoms with Crippen LogP contribution in [0, 0.1) is 6.92 Å². The van der Waals surface area contributed by atoms with E-state index in [4.69, 9.17) is 0 Å². The summed E-state index contributed by atoms with van der Waals surface area (Å²) >= 11 is -2.36. The van der Waals surface area contributed by atoms with Gasteiger partial charge in [-0.05, 0) is 0 Å². The number of unbranched alkanes of at least 4 members (excludes halogenated alkanes) is 3. The Hall–Kier alpha value is -0.0613. The Kier molecular flexibility index (Phi) is 7.23. The second-order valence-corrected chi connectivity index (χ2v) is 20.2. The first-order valence-corrected chi connectivity index (χ1v) is 17.1. The Morgan fingerprint density at radius 1 is 0.955 bits per heavy atom. The normalized spacial score (nSPS) is 15.5. The SMILES string of the molecule is CCC[CH2][Sn]([CH2]CCC)([CH2]CCC)[c]1c(C)nnn1C1CC1. The molecule has 1 aliphatic carbocycles. The average molecular weight is 412 g/mol. The van der Waals surface area contributed by atoms with Crippen LogP contribution in [-0.2, 0) is 0 Å². The number of aryl methyl sites for hydroxylation is 1. The number of rotatable bonds is 11. The molecule has 0 unspecified atom stereocenters. The van der Waals surface area contributed by atoms with Gasteiger partial charge in [0.05, 0.1) is 0 Å². The fourth-order valence-electron chi connectivity index (χ4n) is 3.85. The van der Waals surface area contributed by atoms with E-state index in [0.29, 0.717) is 6.04 Å². The van der Waals surface area contributed by atoms with Crippen molar-refractivity contribution in [1.29, 1.82) is 0 Å². The van der Waals surface area contributed by atoms with Gasteiger partial charge in [0, 0.05) is 0 Å². The third kappa shape index (κ3) is 4.27. The van der Waals surface area contributed by atoms with Crippen LogP contribution >= 0.6 is 0 Å². The van der Waals surface area contributed by atoms with Crippen LogP contribution in [0.5, 0.6) is 0 Å². The zero-order chi connectivity index (χ0) is 16.0. The second kappa shape index (κ2) is 8.70. The monoisotopic (exact) mass is 413 g/mol. The van der Waals surface area contributed by atoms with Crippen molar-refractivity contribution in [3.8, 4) is 0 Å². The van der Waals surface area contributed by atoms with Crippen molar-refractivity contribution in [1.82, 2.24) is 15.0 Å². The van der Waals surface area contributed by atoms with Crippen molar-refractivity contribution in [3.63, 3.8) is 0 Å². The third-order valence-electron chi connectivity index (χ3n) is 5.28. The molecule has 3 nitrogen and oxygen atoms in total. The van der Waals surface area contributed by atoms with Gasteiger partial charge in [-0.15, -0.1) is 0 Å². The van der Waals surface area contributed by atoms with Crippen molar-refractivity contribution in [2.45, 2.75) is 98.4 Å². The van der Waals surface area contributed by atoms with Gasteiger partial charge in [0.2, 0.25) is 0 Å². The van der Waals surface area contributed by atoms with Crippen LogP contribution in [0.15, 0.2) is 0 Å². The average Bonchev–Trinajstić information content (AvgIpc) is 3.30. The van der Waals surface area contributed by atoms with Crippen LogP contribution in [0.4, 0.5) is 0 Å². The van der Waals surface area contributed by atoms with Gasteiger partial charge in [-0.25, -0.2) is 0 Å². The van der Waals surface area contributed by atoms with Gasteiger partial charge in [-0.2, -0.15) is 0 Å². The number of nitrogens with zero attached hydrogens (tertiary/aromatic N) is 3. The predicted molar refractivity (Wildman–Crippen MR) is 97.6 cm³/mol. The van der Waals surface area contributed by atoms with Crippen LogP contribution in [0.2, 0.25) is 13.3 Å². The molecular weight excluding hydrogens is 377 g/mol. The molecule has 1 aromatic rings. The second-order valence-electron chi connectivity index (χ2n) is 7.29. The molecule has 0 radical (unpaired) electrons. The molecule has 0 atom stereocenters. The minimum atomic E-state index is -2.36. The number of hydrogen-bond acceptors (Lipinski definition) is 2. The van der Waals surface area contributed by atoms with Gasteiger partial charge in [-0.1, -0.05) is 0 Å². The molecule has 1 fully saturated rings. The molecule has 1 aromatic heterocycles. The fourth-order valence-corrected chi connectivity index (χ4v) is 21.2. The summed E-state index contributed by atoms with van der Waals surface area (Å²) < 4.78 is 8.67. The molecule has 0 spiro atoms. The summed E-state index contributed by atoms with van der Waals surface area (Å²) in [5, 5.41) is 9.12. The van der Waals surface area contributed by atoms with E-state index in [1.165, 1.54) is 70.4 Å². The molecule has 4 heteroatoms. The standard InChI is InChI=1S/C6H8N3.3C4H9.Sn/c1-5-4-9(8-7-5)6-2-3-6;3*1-3-4-2;/h6H,2-3H2,1H3;3*1,3-4H2,2H3;. The van der Waals surface area contributed by atoms with E-state index >= 15 is 0 Å². The van der Waals surface area contributed by atoms with Crippen molar-refractivity contribution >= 4 is 22.1 Å². The Balaban J connectivity index is 2.36. The predicted octanol–water partition coefficient (Wildman–Crippen LogP) is 4.98. The summed E-state index contributed by atoms with van der Waals surface area (Å²) in [5.74, 6) is 0. The van der Waals surface area contributed by atoms with Gasteiger partial charge in [0.25, 0.3) is 0 Å². The van der Waals surface area contributed by atoms with E-state index in [1.54, 1.807) is 3.71 Å². The first kappa shape index (κ1) is 18.3. The quantitative estimate of drug-likeness (QED) is 0.480. The maximum atomic E-state index is 4.59. The van der Waals surface area contributed by atoms with Crippen LogP contribution in [0.25, 0.3) is 0 Å². The van der Waals surface area contributed by atoms with Crippen molar-refractivity contribution < 1.29 is 0 Å². The van der Waals surface area contributed by atoms with Crippen molar-refractivity contribution in [3.05, 3.63) is 5.69 Å².